The standard InChI is InChI=1S/C27H26FN3OS/c28-23-8-4-3-5-17(23)11-12-29-20-9-10-22-24(15-20)33-26-25(22)27(32)31(16-30-26)21-13-18-6-1-2-7-19(18)14-21/h1-8,16,20-21,29H,9-15H2. The van der Waals surface area contributed by atoms with Gasteiger partial charge in [-0.15, -0.1) is 11.3 Å². The average Bonchev–Trinajstić information content (AvgIpc) is 3.42. The van der Waals surface area contributed by atoms with Crippen LogP contribution in [0.4, 0.5) is 4.39 Å². The molecule has 6 heteroatoms. The van der Waals surface area contributed by atoms with E-state index in [0.717, 1.165) is 54.4 Å². The van der Waals surface area contributed by atoms with Gasteiger partial charge in [0.05, 0.1) is 11.7 Å². The number of rotatable bonds is 5. The summed E-state index contributed by atoms with van der Waals surface area (Å²) < 4.78 is 15.7. The van der Waals surface area contributed by atoms with Crippen molar-refractivity contribution in [2.75, 3.05) is 6.54 Å². The van der Waals surface area contributed by atoms with Crippen LogP contribution >= 0.6 is 11.3 Å². The molecular weight excluding hydrogens is 433 g/mol. The lowest BCUT2D eigenvalue weighted by molar-refractivity contribution is 0.463. The molecule has 1 atom stereocenters. The van der Waals surface area contributed by atoms with E-state index in [2.05, 4.69) is 29.6 Å². The van der Waals surface area contributed by atoms with E-state index in [1.165, 1.54) is 27.6 Å². The zero-order valence-corrected chi connectivity index (χ0v) is 19.2. The zero-order valence-electron chi connectivity index (χ0n) is 18.4. The number of hydrogen-bond donors (Lipinski definition) is 1. The first-order valence-electron chi connectivity index (χ1n) is 11.7. The lowest BCUT2D eigenvalue weighted by Gasteiger charge is -2.23. The van der Waals surface area contributed by atoms with Crippen LogP contribution in [0.2, 0.25) is 0 Å². The van der Waals surface area contributed by atoms with Crippen LogP contribution in [0.15, 0.2) is 59.7 Å². The minimum absolute atomic E-state index is 0.112. The summed E-state index contributed by atoms with van der Waals surface area (Å²) in [6, 6.07) is 15.9. The van der Waals surface area contributed by atoms with Crippen molar-refractivity contribution in [2.45, 2.75) is 50.6 Å². The number of aryl methyl sites for hydroxylation is 1. The highest BCUT2D eigenvalue weighted by atomic mass is 32.1. The van der Waals surface area contributed by atoms with Gasteiger partial charge in [-0.05, 0) is 73.4 Å². The van der Waals surface area contributed by atoms with Crippen molar-refractivity contribution in [1.29, 1.82) is 0 Å². The van der Waals surface area contributed by atoms with Gasteiger partial charge in [0.2, 0.25) is 0 Å². The summed E-state index contributed by atoms with van der Waals surface area (Å²) in [5, 5.41) is 4.43. The van der Waals surface area contributed by atoms with Crippen molar-refractivity contribution in [3.05, 3.63) is 98.2 Å². The molecule has 0 amide bonds. The quantitative estimate of drug-likeness (QED) is 0.474. The molecule has 0 fully saturated rings. The van der Waals surface area contributed by atoms with Crippen molar-refractivity contribution in [3.8, 4) is 0 Å². The van der Waals surface area contributed by atoms with Gasteiger partial charge in [0.1, 0.15) is 10.6 Å². The summed E-state index contributed by atoms with van der Waals surface area (Å²) in [7, 11) is 0. The molecule has 2 aromatic carbocycles. The summed E-state index contributed by atoms with van der Waals surface area (Å²) in [5.74, 6) is -0.137. The first-order valence-corrected chi connectivity index (χ1v) is 12.5. The number of nitrogens with one attached hydrogen (secondary N) is 1. The Balaban J connectivity index is 1.19. The first kappa shape index (κ1) is 20.8. The van der Waals surface area contributed by atoms with Gasteiger partial charge >= 0.3 is 0 Å². The van der Waals surface area contributed by atoms with Gasteiger partial charge in [0.15, 0.2) is 0 Å². The number of benzene rings is 2. The van der Waals surface area contributed by atoms with Crippen LogP contribution in [0.5, 0.6) is 0 Å². The smallest absolute Gasteiger partial charge is 0.262 e. The molecule has 0 saturated carbocycles. The molecular formula is C27H26FN3OS. The van der Waals surface area contributed by atoms with Crippen molar-refractivity contribution in [3.63, 3.8) is 0 Å². The van der Waals surface area contributed by atoms with Crippen LogP contribution in [0.3, 0.4) is 0 Å². The summed E-state index contributed by atoms with van der Waals surface area (Å²) in [6.45, 7) is 0.749. The average molecular weight is 460 g/mol. The monoisotopic (exact) mass is 459 g/mol. The third-order valence-electron chi connectivity index (χ3n) is 7.20. The van der Waals surface area contributed by atoms with Crippen LogP contribution in [0.1, 0.15) is 39.6 Å². The Morgan fingerprint density at radius 1 is 1.06 bits per heavy atom. The Morgan fingerprint density at radius 2 is 1.82 bits per heavy atom. The molecule has 2 aliphatic rings. The fourth-order valence-corrected chi connectivity index (χ4v) is 6.72. The van der Waals surface area contributed by atoms with Crippen molar-refractivity contribution in [1.82, 2.24) is 14.9 Å². The molecule has 0 aliphatic heterocycles. The normalized spacial score (nSPS) is 17.9. The minimum Gasteiger partial charge on any atom is -0.313 e. The zero-order chi connectivity index (χ0) is 22.4. The van der Waals surface area contributed by atoms with Crippen LogP contribution in [-0.4, -0.2) is 22.1 Å². The van der Waals surface area contributed by atoms with E-state index in [-0.39, 0.29) is 17.4 Å². The second kappa shape index (κ2) is 8.50. The van der Waals surface area contributed by atoms with E-state index in [4.69, 9.17) is 4.98 Å². The van der Waals surface area contributed by atoms with E-state index in [0.29, 0.717) is 12.5 Å². The Hall–Kier alpha value is -2.83. The molecule has 1 unspecified atom stereocenters. The van der Waals surface area contributed by atoms with Gasteiger partial charge in [-0.1, -0.05) is 42.5 Å². The predicted octanol–water partition coefficient (Wildman–Crippen LogP) is 4.63. The van der Waals surface area contributed by atoms with E-state index >= 15 is 0 Å². The van der Waals surface area contributed by atoms with E-state index < -0.39 is 0 Å². The molecule has 2 heterocycles. The molecule has 2 aliphatic carbocycles. The minimum atomic E-state index is -0.137. The van der Waals surface area contributed by atoms with Gasteiger partial charge in [-0.2, -0.15) is 0 Å². The Kier molecular flexibility index (Phi) is 5.35. The highest BCUT2D eigenvalue weighted by Crippen LogP contribution is 2.35. The lowest BCUT2D eigenvalue weighted by Crippen LogP contribution is -2.35. The topological polar surface area (TPSA) is 46.9 Å². The number of nitrogens with zero attached hydrogens (tertiary/aromatic N) is 2. The number of thiophene rings is 1. The summed E-state index contributed by atoms with van der Waals surface area (Å²) >= 11 is 1.66. The first-order chi connectivity index (χ1) is 16.2. The fraction of sp³-hybridized carbons (Fsp3) is 0.333. The van der Waals surface area contributed by atoms with Crippen LogP contribution < -0.4 is 10.9 Å². The maximum Gasteiger partial charge on any atom is 0.262 e. The number of aromatic nitrogens is 2. The summed E-state index contributed by atoms with van der Waals surface area (Å²) in [4.78, 5) is 20.4. The molecule has 1 N–H and O–H groups in total. The van der Waals surface area contributed by atoms with Gasteiger partial charge in [-0.3, -0.25) is 9.36 Å². The van der Waals surface area contributed by atoms with Crippen LogP contribution in [0, 0.1) is 5.82 Å². The van der Waals surface area contributed by atoms with Gasteiger partial charge in [-0.25, -0.2) is 9.37 Å². The predicted molar refractivity (Wildman–Crippen MR) is 131 cm³/mol. The van der Waals surface area contributed by atoms with E-state index in [9.17, 15) is 9.18 Å². The highest BCUT2D eigenvalue weighted by Gasteiger charge is 2.28. The Morgan fingerprint density at radius 3 is 2.61 bits per heavy atom. The molecule has 0 saturated heterocycles. The summed E-state index contributed by atoms with van der Waals surface area (Å²) in [5.41, 5.74) is 4.74. The molecule has 168 valence electrons. The maximum absolute atomic E-state index is 13.9. The van der Waals surface area contributed by atoms with Crippen molar-refractivity contribution in [2.24, 2.45) is 0 Å². The third kappa shape index (κ3) is 3.81. The van der Waals surface area contributed by atoms with E-state index in [1.807, 2.05) is 16.7 Å². The molecule has 33 heavy (non-hydrogen) atoms. The molecule has 4 nitrogen and oxygen atoms in total. The molecule has 0 spiro atoms. The molecule has 6 rings (SSSR count). The molecule has 0 radical (unpaired) electrons. The Bertz CT molecular complexity index is 1370. The highest BCUT2D eigenvalue weighted by molar-refractivity contribution is 7.18. The van der Waals surface area contributed by atoms with E-state index in [1.54, 1.807) is 23.7 Å². The second-order valence-electron chi connectivity index (χ2n) is 9.21. The van der Waals surface area contributed by atoms with Crippen molar-refractivity contribution < 1.29 is 4.39 Å². The molecule has 0 bridgehead atoms. The lowest BCUT2D eigenvalue weighted by atomic mass is 9.93. The second-order valence-corrected chi connectivity index (χ2v) is 10.3. The molecule has 2 aromatic heterocycles. The van der Waals surface area contributed by atoms with Gasteiger partial charge in [0.25, 0.3) is 5.56 Å². The summed E-state index contributed by atoms with van der Waals surface area (Å²) in [6.07, 6.45) is 7.00. The molecule has 4 aromatic rings. The Labute approximate surface area is 196 Å². The fourth-order valence-electron chi connectivity index (χ4n) is 5.46. The largest absolute Gasteiger partial charge is 0.313 e. The van der Waals surface area contributed by atoms with Crippen LogP contribution in [0.25, 0.3) is 10.2 Å². The number of halogens is 1. The van der Waals surface area contributed by atoms with Crippen molar-refractivity contribution >= 4 is 21.6 Å². The number of fused-ring (bicyclic) bond motifs is 4. The third-order valence-corrected chi connectivity index (χ3v) is 8.36. The van der Waals surface area contributed by atoms with Gasteiger partial charge < -0.3 is 5.32 Å². The van der Waals surface area contributed by atoms with Gasteiger partial charge in [0, 0.05) is 17.0 Å². The SMILES string of the molecule is O=c1c2c3c(sc2ncn1C1Cc2ccccc2C1)CC(NCCc1ccccc1F)CC3. The maximum atomic E-state index is 13.9. The van der Waals surface area contributed by atoms with Crippen LogP contribution in [-0.2, 0) is 32.1 Å². The number of hydrogen-bond acceptors (Lipinski definition) is 4.